The van der Waals surface area contributed by atoms with Crippen LogP contribution < -0.4 is 10.5 Å². The predicted octanol–water partition coefficient (Wildman–Crippen LogP) is 0.396. The molecule has 2 aliphatic rings. The van der Waals surface area contributed by atoms with Gasteiger partial charge in [0.15, 0.2) is 5.96 Å². The molecule has 2 fully saturated rings. The Kier molecular flexibility index (Phi) is 5.07. The molecule has 2 aliphatic heterocycles. The first kappa shape index (κ1) is 15.1. The fraction of sp³-hybridized carbons (Fsp3) is 0.600. The molecule has 2 N–H and O–H groups in total. The zero-order chi connectivity index (χ0) is 15.2. The van der Waals surface area contributed by atoms with Gasteiger partial charge in [-0.2, -0.15) is 0 Å². The zero-order valence-electron chi connectivity index (χ0n) is 12.6. The van der Waals surface area contributed by atoms with E-state index in [2.05, 4.69) is 9.98 Å². The molecule has 0 bridgehead atoms. The van der Waals surface area contributed by atoms with Crippen LogP contribution in [0.1, 0.15) is 12.0 Å². The third-order valence-corrected chi connectivity index (χ3v) is 3.73. The fourth-order valence-corrected chi connectivity index (χ4v) is 2.45. The number of nitrogens with two attached hydrogens (primary N) is 1. The molecule has 0 saturated carbocycles. The highest BCUT2D eigenvalue weighted by atomic mass is 16.5. The summed E-state index contributed by atoms with van der Waals surface area (Å²) in [6.45, 7) is 4.89. The molecule has 1 aromatic rings. The number of aromatic nitrogens is 1. The van der Waals surface area contributed by atoms with Gasteiger partial charge in [0.05, 0.1) is 33.0 Å². The van der Waals surface area contributed by atoms with E-state index in [0.717, 1.165) is 31.7 Å². The smallest absolute Gasteiger partial charge is 0.213 e. The summed E-state index contributed by atoms with van der Waals surface area (Å²) >= 11 is 0. The second kappa shape index (κ2) is 7.42. The minimum atomic E-state index is 0.102. The molecule has 120 valence electrons. The second-order valence-electron chi connectivity index (χ2n) is 5.38. The maximum atomic E-state index is 6.02. The molecule has 1 atom stereocenters. The number of aliphatic imine (C=N–C) groups is 1. The Balaban J connectivity index is 1.57. The lowest BCUT2D eigenvalue weighted by molar-refractivity contribution is 0.0674. The first-order valence-corrected chi connectivity index (χ1v) is 7.63. The van der Waals surface area contributed by atoms with Gasteiger partial charge in [0.2, 0.25) is 5.88 Å². The predicted molar refractivity (Wildman–Crippen MR) is 81.8 cm³/mol. The normalized spacial score (nSPS) is 22.8. The summed E-state index contributed by atoms with van der Waals surface area (Å²) in [5.41, 5.74) is 7.05. The van der Waals surface area contributed by atoms with E-state index in [0.29, 0.717) is 38.2 Å². The third kappa shape index (κ3) is 4.08. The first-order valence-electron chi connectivity index (χ1n) is 7.63. The highest BCUT2D eigenvalue weighted by molar-refractivity contribution is 5.78. The van der Waals surface area contributed by atoms with Gasteiger partial charge in [-0.3, -0.25) is 0 Å². The van der Waals surface area contributed by atoms with Crippen LogP contribution in [0.3, 0.4) is 0 Å². The van der Waals surface area contributed by atoms with Crippen molar-refractivity contribution < 1.29 is 14.2 Å². The summed E-state index contributed by atoms with van der Waals surface area (Å²) in [4.78, 5) is 10.7. The monoisotopic (exact) mass is 306 g/mol. The summed E-state index contributed by atoms with van der Waals surface area (Å²) in [6, 6.07) is 3.84. The number of hydrogen-bond donors (Lipinski definition) is 1. The van der Waals surface area contributed by atoms with Crippen molar-refractivity contribution in [2.24, 2.45) is 10.7 Å². The van der Waals surface area contributed by atoms with Gasteiger partial charge in [-0.1, -0.05) is 0 Å². The van der Waals surface area contributed by atoms with Crippen molar-refractivity contribution in [3.8, 4) is 5.88 Å². The number of guanidine groups is 1. The maximum absolute atomic E-state index is 6.02. The molecule has 3 rings (SSSR count). The number of morpholine rings is 1. The molecule has 3 heterocycles. The van der Waals surface area contributed by atoms with Crippen LogP contribution in [0.5, 0.6) is 5.88 Å². The van der Waals surface area contributed by atoms with E-state index in [-0.39, 0.29) is 6.10 Å². The number of pyridine rings is 1. The van der Waals surface area contributed by atoms with E-state index in [9.17, 15) is 0 Å². The van der Waals surface area contributed by atoms with Crippen LogP contribution in [0, 0.1) is 0 Å². The van der Waals surface area contributed by atoms with Crippen LogP contribution in [-0.2, 0) is 16.0 Å². The Labute approximate surface area is 130 Å². The van der Waals surface area contributed by atoms with Gasteiger partial charge in [-0.15, -0.1) is 0 Å². The third-order valence-electron chi connectivity index (χ3n) is 3.73. The van der Waals surface area contributed by atoms with Crippen molar-refractivity contribution in [3.05, 3.63) is 23.9 Å². The molecule has 22 heavy (non-hydrogen) atoms. The van der Waals surface area contributed by atoms with Crippen LogP contribution in [0.15, 0.2) is 23.3 Å². The Morgan fingerprint density at radius 3 is 3.00 bits per heavy atom. The van der Waals surface area contributed by atoms with Crippen molar-refractivity contribution in [1.29, 1.82) is 0 Å². The topological polar surface area (TPSA) is 82.2 Å². The highest BCUT2D eigenvalue weighted by Gasteiger charge is 2.17. The second-order valence-corrected chi connectivity index (χ2v) is 5.38. The van der Waals surface area contributed by atoms with Crippen molar-refractivity contribution >= 4 is 5.96 Å². The highest BCUT2D eigenvalue weighted by Crippen LogP contribution is 2.16. The molecule has 0 spiro atoms. The van der Waals surface area contributed by atoms with Crippen LogP contribution >= 0.6 is 0 Å². The van der Waals surface area contributed by atoms with Crippen molar-refractivity contribution in [3.63, 3.8) is 0 Å². The van der Waals surface area contributed by atoms with Crippen LogP contribution in [0.25, 0.3) is 0 Å². The zero-order valence-corrected chi connectivity index (χ0v) is 12.6. The summed E-state index contributed by atoms with van der Waals surface area (Å²) in [7, 11) is 0. The number of ether oxygens (including phenoxy) is 3. The Bertz CT molecular complexity index is 511. The van der Waals surface area contributed by atoms with Gasteiger partial charge in [0.25, 0.3) is 0 Å². The van der Waals surface area contributed by atoms with Crippen LogP contribution in [0.2, 0.25) is 0 Å². The van der Waals surface area contributed by atoms with Gasteiger partial charge in [0.1, 0.15) is 6.10 Å². The Morgan fingerprint density at radius 2 is 2.23 bits per heavy atom. The summed E-state index contributed by atoms with van der Waals surface area (Å²) in [6.07, 6.45) is 2.75. The van der Waals surface area contributed by atoms with Gasteiger partial charge < -0.3 is 24.8 Å². The van der Waals surface area contributed by atoms with Gasteiger partial charge in [-0.05, 0) is 11.6 Å². The van der Waals surface area contributed by atoms with Gasteiger partial charge in [0, 0.05) is 31.8 Å². The maximum Gasteiger partial charge on any atom is 0.213 e. The fourth-order valence-electron chi connectivity index (χ4n) is 2.45. The summed E-state index contributed by atoms with van der Waals surface area (Å²) in [5, 5.41) is 0. The first-order chi connectivity index (χ1) is 10.8. The Hall–Kier alpha value is -1.86. The quantitative estimate of drug-likeness (QED) is 0.640. The molecule has 0 aromatic carbocycles. The average molecular weight is 306 g/mol. The molecule has 1 aromatic heterocycles. The Morgan fingerprint density at radius 1 is 1.36 bits per heavy atom. The standard InChI is InChI=1S/C15H22N4O3/c16-15(19-4-7-20-8-5-19)18-10-12-1-3-17-14(9-12)22-13-2-6-21-11-13/h1,3,9,13H,2,4-8,10-11H2,(H2,16,18). The van der Waals surface area contributed by atoms with E-state index in [1.165, 1.54) is 0 Å². The number of hydrogen-bond acceptors (Lipinski definition) is 5. The molecule has 0 amide bonds. The molecule has 7 nitrogen and oxygen atoms in total. The lowest BCUT2D eigenvalue weighted by atomic mass is 10.2. The van der Waals surface area contributed by atoms with E-state index < -0.39 is 0 Å². The molecule has 7 heteroatoms. The van der Waals surface area contributed by atoms with E-state index >= 15 is 0 Å². The van der Waals surface area contributed by atoms with Crippen molar-refractivity contribution in [1.82, 2.24) is 9.88 Å². The molecular weight excluding hydrogens is 284 g/mol. The van der Waals surface area contributed by atoms with E-state index in [1.807, 2.05) is 17.0 Å². The molecular formula is C15H22N4O3. The van der Waals surface area contributed by atoms with E-state index in [4.69, 9.17) is 19.9 Å². The lowest BCUT2D eigenvalue weighted by Gasteiger charge is -2.27. The van der Waals surface area contributed by atoms with Crippen molar-refractivity contribution in [2.45, 2.75) is 19.1 Å². The van der Waals surface area contributed by atoms with Gasteiger partial charge in [-0.25, -0.2) is 9.98 Å². The van der Waals surface area contributed by atoms with Crippen LogP contribution in [-0.4, -0.2) is 61.5 Å². The van der Waals surface area contributed by atoms with Crippen molar-refractivity contribution in [2.75, 3.05) is 39.5 Å². The van der Waals surface area contributed by atoms with Gasteiger partial charge >= 0.3 is 0 Å². The number of rotatable bonds is 4. The molecule has 2 saturated heterocycles. The minimum absolute atomic E-state index is 0.102. The summed E-state index contributed by atoms with van der Waals surface area (Å²) < 4.78 is 16.4. The average Bonchev–Trinajstić information content (AvgIpc) is 3.07. The molecule has 1 unspecified atom stereocenters. The SMILES string of the molecule is NC(=NCc1ccnc(OC2CCOC2)c1)N1CCOCC1. The molecule has 0 aliphatic carbocycles. The largest absolute Gasteiger partial charge is 0.472 e. The minimum Gasteiger partial charge on any atom is -0.472 e. The molecule has 0 radical (unpaired) electrons. The lowest BCUT2D eigenvalue weighted by Crippen LogP contribution is -2.44. The summed E-state index contributed by atoms with van der Waals surface area (Å²) in [5.74, 6) is 1.18. The van der Waals surface area contributed by atoms with E-state index in [1.54, 1.807) is 6.20 Å². The van der Waals surface area contributed by atoms with Crippen LogP contribution in [0.4, 0.5) is 0 Å². The number of nitrogens with zero attached hydrogens (tertiary/aromatic N) is 3.